The first-order valence-electron chi connectivity index (χ1n) is 5.46. The van der Waals surface area contributed by atoms with Gasteiger partial charge in [0.2, 0.25) is 11.8 Å². The highest BCUT2D eigenvalue weighted by molar-refractivity contribution is 14.1. The summed E-state index contributed by atoms with van der Waals surface area (Å²) in [6.07, 6.45) is -4.56. The molecule has 0 unspecified atom stereocenters. The molecule has 0 atom stereocenters. The second-order valence-electron chi connectivity index (χ2n) is 3.72. The zero-order valence-corrected chi connectivity index (χ0v) is 12.4. The van der Waals surface area contributed by atoms with Crippen molar-refractivity contribution in [2.75, 3.05) is 12.4 Å². The Kier molecular flexibility index (Phi) is 4.31. The molecule has 2 aromatic rings. The Labute approximate surface area is 126 Å². The Hall–Kier alpha value is -1.58. The van der Waals surface area contributed by atoms with Gasteiger partial charge in [0.15, 0.2) is 5.69 Å². The van der Waals surface area contributed by atoms with E-state index in [-0.39, 0.29) is 11.8 Å². The molecule has 0 aliphatic carbocycles. The van der Waals surface area contributed by atoms with Gasteiger partial charge in [0.1, 0.15) is 5.75 Å². The van der Waals surface area contributed by atoms with Crippen LogP contribution < -0.4 is 10.1 Å². The van der Waals surface area contributed by atoms with Crippen molar-refractivity contribution in [3.8, 4) is 11.6 Å². The maximum Gasteiger partial charge on any atom is 0.433 e. The zero-order valence-electron chi connectivity index (χ0n) is 10.2. The maximum atomic E-state index is 12.7. The third-order valence-corrected chi connectivity index (χ3v) is 2.91. The van der Waals surface area contributed by atoms with E-state index >= 15 is 0 Å². The summed E-state index contributed by atoms with van der Waals surface area (Å²) in [5.74, 6) is 0.0879. The van der Waals surface area contributed by atoms with Crippen LogP contribution in [0.2, 0.25) is 0 Å². The molecule has 1 aromatic carbocycles. The summed E-state index contributed by atoms with van der Waals surface area (Å²) < 4.78 is 44.4. The van der Waals surface area contributed by atoms with E-state index in [2.05, 4.69) is 37.9 Å². The highest BCUT2D eigenvalue weighted by atomic mass is 127. The number of anilines is 1. The molecule has 0 aliphatic rings. The Balaban J connectivity index is 2.36. The van der Waals surface area contributed by atoms with E-state index < -0.39 is 11.9 Å². The molecule has 1 aromatic heterocycles. The van der Waals surface area contributed by atoms with Crippen molar-refractivity contribution in [3.05, 3.63) is 39.6 Å². The maximum absolute atomic E-state index is 12.7. The van der Waals surface area contributed by atoms with E-state index in [0.717, 1.165) is 9.64 Å². The van der Waals surface area contributed by atoms with Gasteiger partial charge in [-0.1, -0.05) is 6.07 Å². The quantitative estimate of drug-likeness (QED) is 0.801. The standard InChI is InChI=1S/C12H9F3IN3O/c1-17-11-18-9(12(13,14)15)6-10(19-11)20-8-4-2-3-7(16)5-8/h2-6H,1H3,(H,17,18,19). The summed E-state index contributed by atoms with van der Waals surface area (Å²) in [6, 6.07) is 7.67. The molecule has 4 nitrogen and oxygen atoms in total. The number of rotatable bonds is 3. The van der Waals surface area contributed by atoms with Gasteiger partial charge in [0.25, 0.3) is 0 Å². The van der Waals surface area contributed by atoms with Gasteiger partial charge in [-0.05, 0) is 40.8 Å². The minimum atomic E-state index is -4.56. The van der Waals surface area contributed by atoms with E-state index in [4.69, 9.17) is 4.74 Å². The number of nitrogens with one attached hydrogen (secondary N) is 1. The number of aromatic nitrogens is 2. The molecular formula is C12H9F3IN3O. The third-order valence-electron chi connectivity index (χ3n) is 2.24. The average Bonchev–Trinajstić information content (AvgIpc) is 2.37. The normalized spacial score (nSPS) is 11.2. The summed E-state index contributed by atoms with van der Waals surface area (Å²) in [7, 11) is 1.44. The van der Waals surface area contributed by atoms with Crippen LogP contribution in [0.5, 0.6) is 11.6 Å². The van der Waals surface area contributed by atoms with Crippen LogP contribution in [0.4, 0.5) is 19.1 Å². The van der Waals surface area contributed by atoms with Gasteiger partial charge in [-0.25, -0.2) is 4.98 Å². The smallest absolute Gasteiger partial charge is 0.433 e. The molecule has 0 aliphatic heterocycles. The van der Waals surface area contributed by atoms with E-state index in [0.29, 0.717) is 5.75 Å². The second-order valence-corrected chi connectivity index (χ2v) is 4.97. The van der Waals surface area contributed by atoms with Crippen LogP contribution in [-0.2, 0) is 6.18 Å². The minimum absolute atomic E-state index is 0.152. The van der Waals surface area contributed by atoms with Crippen molar-refractivity contribution in [1.29, 1.82) is 0 Å². The lowest BCUT2D eigenvalue weighted by Gasteiger charge is -2.11. The molecule has 0 saturated carbocycles. The van der Waals surface area contributed by atoms with Crippen LogP contribution in [0.15, 0.2) is 30.3 Å². The fourth-order valence-electron chi connectivity index (χ4n) is 1.39. The summed E-state index contributed by atoms with van der Waals surface area (Å²) >= 11 is 2.08. The molecule has 8 heteroatoms. The molecule has 0 saturated heterocycles. The van der Waals surface area contributed by atoms with Crippen molar-refractivity contribution in [2.24, 2.45) is 0 Å². The number of halogens is 4. The monoisotopic (exact) mass is 395 g/mol. The van der Waals surface area contributed by atoms with Crippen molar-refractivity contribution in [2.45, 2.75) is 6.18 Å². The van der Waals surface area contributed by atoms with Gasteiger partial charge in [-0.3, -0.25) is 0 Å². The first-order chi connectivity index (χ1) is 9.38. The number of alkyl halides is 3. The van der Waals surface area contributed by atoms with Crippen LogP contribution in [0.25, 0.3) is 0 Å². The first kappa shape index (κ1) is 14.8. The molecular weight excluding hydrogens is 386 g/mol. The predicted molar refractivity (Wildman–Crippen MR) is 75.8 cm³/mol. The van der Waals surface area contributed by atoms with Gasteiger partial charge in [-0.2, -0.15) is 18.2 Å². The molecule has 0 amide bonds. The minimum Gasteiger partial charge on any atom is -0.439 e. The van der Waals surface area contributed by atoms with Gasteiger partial charge >= 0.3 is 6.18 Å². The third kappa shape index (κ3) is 3.71. The zero-order chi connectivity index (χ0) is 14.8. The van der Waals surface area contributed by atoms with E-state index in [9.17, 15) is 13.2 Å². The number of ether oxygens (including phenoxy) is 1. The van der Waals surface area contributed by atoms with Gasteiger partial charge in [0, 0.05) is 16.7 Å². The number of nitrogens with zero attached hydrogens (tertiary/aromatic N) is 2. The van der Waals surface area contributed by atoms with Gasteiger partial charge in [0.05, 0.1) is 0 Å². The second kappa shape index (κ2) is 5.81. The Bertz CT molecular complexity index is 619. The van der Waals surface area contributed by atoms with Gasteiger partial charge in [-0.15, -0.1) is 0 Å². The first-order valence-corrected chi connectivity index (χ1v) is 6.54. The molecule has 0 fully saturated rings. The Morgan fingerprint density at radius 3 is 2.55 bits per heavy atom. The molecule has 106 valence electrons. The Morgan fingerprint density at radius 2 is 1.95 bits per heavy atom. The highest BCUT2D eigenvalue weighted by Crippen LogP contribution is 2.31. The van der Waals surface area contributed by atoms with Crippen molar-refractivity contribution < 1.29 is 17.9 Å². The van der Waals surface area contributed by atoms with Gasteiger partial charge < -0.3 is 10.1 Å². The van der Waals surface area contributed by atoms with E-state index in [1.807, 2.05) is 6.07 Å². The summed E-state index contributed by atoms with van der Waals surface area (Å²) in [4.78, 5) is 7.20. The lowest BCUT2D eigenvalue weighted by Crippen LogP contribution is -2.11. The van der Waals surface area contributed by atoms with Crippen molar-refractivity contribution >= 4 is 28.5 Å². The molecule has 2 rings (SSSR count). The summed E-state index contributed by atoms with van der Waals surface area (Å²) in [5.41, 5.74) is -1.06. The fraction of sp³-hybridized carbons (Fsp3) is 0.167. The van der Waals surface area contributed by atoms with Crippen LogP contribution in [0, 0.1) is 3.57 Å². The number of hydrogen-bond acceptors (Lipinski definition) is 4. The van der Waals surface area contributed by atoms with Crippen molar-refractivity contribution in [3.63, 3.8) is 0 Å². The molecule has 20 heavy (non-hydrogen) atoms. The molecule has 0 radical (unpaired) electrons. The fourth-order valence-corrected chi connectivity index (χ4v) is 1.90. The molecule has 1 N–H and O–H groups in total. The van der Waals surface area contributed by atoms with E-state index in [1.54, 1.807) is 18.2 Å². The Morgan fingerprint density at radius 1 is 1.20 bits per heavy atom. The highest BCUT2D eigenvalue weighted by Gasteiger charge is 2.34. The van der Waals surface area contributed by atoms with Crippen LogP contribution in [0.1, 0.15) is 5.69 Å². The predicted octanol–water partition coefficient (Wildman–Crippen LogP) is 3.93. The largest absolute Gasteiger partial charge is 0.439 e. The molecule has 1 heterocycles. The lowest BCUT2D eigenvalue weighted by molar-refractivity contribution is -0.141. The van der Waals surface area contributed by atoms with Crippen molar-refractivity contribution in [1.82, 2.24) is 9.97 Å². The SMILES string of the molecule is CNc1nc(Oc2cccc(I)c2)cc(C(F)(F)F)n1. The topological polar surface area (TPSA) is 47.0 Å². The summed E-state index contributed by atoms with van der Waals surface area (Å²) in [5, 5.41) is 2.47. The lowest BCUT2D eigenvalue weighted by atomic mass is 10.3. The summed E-state index contributed by atoms with van der Waals surface area (Å²) in [6.45, 7) is 0. The molecule has 0 spiro atoms. The number of benzene rings is 1. The van der Waals surface area contributed by atoms with E-state index in [1.165, 1.54) is 7.05 Å². The van der Waals surface area contributed by atoms with Crippen LogP contribution in [0.3, 0.4) is 0 Å². The van der Waals surface area contributed by atoms with Crippen LogP contribution in [-0.4, -0.2) is 17.0 Å². The van der Waals surface area contributed by atoms with Crippen LogP contribution >= 0.6 is 22.6 Å². The average molecular weight is 395 g/mol. The number of hydrogen-bond donors (Lipinski definition) is 1. The molecule has 0 bridgehead atoms.